The van der Waals surface area contributed by atoms with Crippen molar-refractivity contribution in [3.63, 3.8) is 0 Å². The number of rotatable bonds is 2. The minimum atomic E-state index is -0.544. The second-order valence-electron chi connectivity index (χ2n) is 3.84. The third kappa shape index (κ3) is 1.53. The van der Waals surface area contributed by atoms with Gasteiger partial charge in [0, 0.05) is 18.0 Å². The monoisotopic (exact) mass is 238 g/mol. The van der Waals surface area contributed by atoms with Gasteiger partial charge >= 0.3 is 0 Å². The van der Waals surface area contributed by atoms with Gasteiger partial charge in [-0.2, -0.15) is 0 Å². The summed E-state index contributed by atoms with van der Waals surface area (Å²) >= 11 is 0. The Balaban J connectivity index is 2.38. The number of carbonyl (C=O) groups excluding carboxylic acids is 1. The molecule has 18 heavy (non-hydrogen) atoms. The Kier molecular flexibility index (Phi) is 2.30. The second kappa shape index (κ2) is 3.96. The van der Waals surface area contributed by atoms with Gasteiger partial charge < -0.3 is 5.73 Å². The number of aromatic nitrogens is 3. The Morgan fingerprint density at radius 1 is 1.22 bits per heavy atom. The first-order valence-electron chi connectivity index (χ1n) is 5.44. The van der Waals surface area contributed by atoms with E-state index in [2.05, 4.69) is 9.97 Å². The molecule has 2 N–H and O–H groups in total. The third-order valence-electron chi connectivity index (χ3n) is 2.71. The van der Waals surface area contributed by atoms with E-state index in [1.165, 1.54) is 0 Å². The Morgan fingerprint density at radius 2 is 2.00 bits per heavy atom. The van der Waals surface area contributed by atoms with Crippen LogP contribution in [-0.4, -0.2) is 20.3 Å². The SMILES string of the molecule is NC(=O)c1nc2cnccn2c1-c1ccccc1. The van der Waals surface area contributed by atoms with Crippen molar-refractivity contribution in [1.82, 2.24) is 14.4 Å². The number of hydrogen-bond donors (Lipinski definition) is 1. The molecule has 2 aromatic heterocycles. The Morgan fingerprint density at radius 3 is 2.72 bits per heavy atom. The van der Waals surface area contributed by atoms with Crippen LogP contribution in [-0.2, 0) is 0 Å². The molecule has 0 aliphatic rings. The zero-order valence-electron chi connectivity index (χ0n) is 9.45. The van der Waals surface area contributed by atoms with Crippen LogP contribution in [0, 0.1) is 0 Å². The van der Waals surface area contributed by atoms with Gasteiger partial charge in [0.25, 0.3) is 5.91 Å². The van der Waals surface area contributed by atoms with E-state index >= 15 is 0 Å². The van der Waals surface area contributed by atoms with Gasteiger partial charge in [0.05, 0.1) is 11.9 Å². The molecule has 88 valence electrons. The van der Waals surface area contributed by atoms with Gasteiger partial charge in [0.1, 0.15) is 0 Å². The van der Waals surface area contributed by atoms with E-state index in [0.717, 1.165) is 5.56 Å². The normalized spacial score (nSPS) is 10.7. The molecule has 0 unspecified atom stereocenters. The van der Waals surface area contributed by atoms with E-state index in [4.69, 9.17) is 5.73 Å². The number of hydrogen-bond acceptors (Lipinski definition) is 3. The van der Waals surface area contributed by atoms with Gasteiger partial charge in [-0.25, -0.2) is 4.98 Å². The largest absolute Gasteiger partial charge is 0.364 e. The smallest absolute Gasteiger partial charge is 0.269 e. The average Bonchev–Trinajstić information content (AvgIpc) is 2.79. The molecular weight excluding hydrogens is 228 g/mol. The first kappa shape index (κ1) is 10.5. The summed E-state index contributed by atoms with van der Waals surface area (Å²) in [7, 11) is 0. The molecule has 1 aromatic carbocycles. The van der Waals surface area contributed by atoms with E-state index in [9.17, 15) is 4.79 Å². The van der Waals surface area contributed by atoms with Crippen LogP contribution in [0.5, 0.6) is 0 Å². The van der Waals surface area contributed by atoms with Gasteiger partial charge in [-0.3, -0.25) is 14.2 Å². The van der Waals surface area contributed by atoms with E-state index in [0.29, 0.717) is 11.3 Å². The summed E-state index contributed by atoms with van der Waals surface area (Å²) in [5.41, 5.74) is 7.83. The quantitative estimate of drug-likeness (QED) is 0.735. The molecule has 3 rings (SSSR count). The van der Waals surface area contributed by atoms with Gasteiger partial charge in [0.15, 0.2) is 11.3 Å². The number of benzene rings is 1. The van der Waals surface area contributed by atoms with Crippen LogP contribution in [0.25, 0.3) is 16.9 Å². The molecule has 3 aromatic rings. The minimum Gasteiger partial charge on any atom is -0.364 e. The highest BCUT2D eigenvalue weighted by Gasteiger charge is 2.17. The molecule has 0 aliphatic carbocycles. The van der Waals surface area contributed by atoms with Crippen LogP contribution < -0.4 is 5.73 Å². The number of imidazole rings is 1. The zero-order chi connectivity index (χ0) is 12.5. The lowest BCUT2D eigenvalue weighted by Crippen LogP contribution is -2.12. The highest BCUT2D eigenvalue weighted by molar-refractivity contribution is 5.98. The van der Waals surface area contributed by atoms with Crippen molar-refractivity contribution < 1.29 is 4.79 Å². The maximum absolute atomic E-state index is 11.5. The maximum Gasteiger partial charge on any atom is 0.269 e. The van der Waals surface area contributed by atoms with Gasteiger partial charge in [-0.05, 0) is 0 Å². The van der Waals surface area contributed by atoms with E-state index in [1.54, 1.807) is 18.6 Å². The van der Waals surface area contributed by atoms with Crippen LogP contribution in [0.1, 0.15) is 10.5 Å². The molecule has 1 amide bonds. The first-order chi connectivity index (χ1) is 8.77. The summed E-state index contributed by atoms with van der Waals surface area (Å²) in [5, 5.41) is 0. The number of nitrogens with zero attached hydrogens (tertiary/aromatic N) is 3. The molecule has 0 saturated carbocycles. The number of fused-ring (bicyclic) bond motifs is 1. The van der Waals surface area contributed by atoms with E-state index in [-0.39, 0.29) is 5.69 Å². The standard InChI is InChI=1S/C13H10N4O/c14-13(18)11-12(9-4-2-1-3-5-9)17-7-6-15-8-10(17)16-11/h1-8H,(H2,14,18). The lowest BCUT2D eigenvalue weighted by Gasteiger charge is -2.02. The molecule has 5 nitrogen and oxygen atoms in total. The molecule has 0 atom stereocenters. The molecule has 0 saturated heterocycles. The fourth-order valence-electron chi connectivity index (χ4n) is 1.95. The van der Waals surface area contributed by atoms with Crippen LogP contribution in [0.4, 0.5) is 0 Å². The van der Waals surface area contributed by atoms with Gasteiger partial charge in [-0.1, -0.05) is 30.3 Å². The molecular formula is C13H10N4O. The molecule has 0 spiro atoms. The molecule has 0 fully saturated rings. The summed E-state index contributed by atoms with van der Waals surface area (Å²) in [6, 6.07) is 9.55. The lowest BCUT2D eigenvalue weighted by molar-refractivity contribution is 0.0997. The summed E-state index contributed by atoms with van der Waals surface area (Å²) in [4.78, 5) is 19.7. The first-order valence-corrected chi connectivity index (χ1v) is 5.44. The summed E-state index contributed by atoms with van der Waals surface area (Å²) < 4.78 is 1.81. The van der Waals surface area contributed by atoms with Crippen LogP contribution in [0.2, 0.25) is 0 Å². The number of amides is 1. The zero-order valence-corrected chi connectivity index (χ0v) is 9.45. The molecule has 0 bridgehead atoms. The predicted octanol–water partition coefficient (Wildman–Crippen LogP) is 1.50. The highest BCUT2D eigenvalue weighted by atomic mass is 16.1. The molecule has 5 heteroatoms. The number of primary amides is 1. The van der Waals surface area contributed by atoms with Crippen molar-refractivity contribution in [2.75, 3.05) is 0 Å². The predicted molar refractivity (Wildman–Crippen MR) is 66.9 cm³/mol. The number of carbonyl (C=O) groups is 1. The van der Waals surface area contributed by atoms with E-state index in [1.807, 2.05) is 34.7 Å². The lowest BCUT2D eigenvalue weighted by atomic mass is 10.1. The minimum absolute atomic E-state index is 0.259. The average molecular weight is 238 g/mol. The molecule has 2 heterocycles. The third-order valence-corrected chi connectivity index (χ3v) is 2.71. The number of nitrogens with two attached hydrogens (primary N) is 1. The van der Waals surface area contributed by atoms with Gasteiger partial charge in [-0.15, -0.1) is 0 Å². The van der Waals surface area contributed by atoms with Gasteiger partial charge in [0.2, 0.25) is 0 Å². The summed E-state index contributed by atoms with van der Waals surface area (Å²) in [5.74, 6) is -0.544. The molecule has 0 radical (unpaired) electrons. The summed E-state index contributed by atoms with van der Waals surface area (Å²) in [6.45, 7) is 0. The van der Waals surface area contributed by atoms with Crippen molar-refractivity contribution in [2.45, 2.75) is 0 Å². The van der Waals surface area contributed by atoms with Crippen molar-refractivity contribution in [3.8, 4) is 11.3 Å². The fourth-order valence-corrected chi connectivity index (χ4v) is 1.95. The Labute approximate surface area is 103 Å². The van der Waals surface area contributed by atoms with Crippen molar-refractivity contribution in [2.24, 2.45) is 5.73 Å². The van der Waals surface area contributed by atoms with Crippen molar-refractivity contribution in [3.05, 3.63) is 54.6 Å². The maximum atomic E-state index is 11.5. The van der Waals surface area contributed by atoms with E-state index < -0.39 is 5.91 Å². The highest BCUT2D eigenvalue weighted by Crippen LogP contribution is 2.24. The van der Waals surface area contributed by atoms with Crippen LogP contribution >= 0.6 is 0 Å². The molecule has 0 aliphatic heterocycles. The Hall–Kier alpha value is -2.69. The fraction of sp³-hybridized carbons (Fsp3) is 0. The Bertz CT molecular complexity index is 718. The topological polar surface area (TPSA) is 73.3 Å². The second-order valence-corrected chi connectivity index (χ2v) is 3.84. The van der Waals surface area contributed by atoms with Crippen LogP contribution in [0.3, 0.4) is 0 Å². The van der Waals surface area contributed by atoms with Crippen LogP contribution in [0.15, 0.2) is 48.9 Å². The van der Waals surface area contributed by atoms with Crippen molar-refractivity contribution >= 4 is 11.6 Å². The van der Waals surface area contributed by atoms with Crippen molar-refractivity contribution in [1.29, 1.82) is 0 Å². The summed E-state index contributed by atoms with van der Waals surface area (Å²) in [6.07, 6.45) is 5.00.